The van der Waals surface area contributed by atoms with Crippen LogP contribution in [0.2, 0.25) is 0 Å². The van der Waals surface area contributed by atoms with E-state index in [1.807, 2.05) is 0 Å². The molecule has 0 bridgehead atoms. The molecule has 0 spiro atoms. The molecule has 1 heteroatoms. The minimum absolute atomic E-state index is 0.297. The Hall–Kier alpha value is -0.480. The molecule has 0 aromatic heterocycles. The van der Waals surface area contributed by atoms with Crippen LogP contribution in [-0.2, 0) is 0 Å². The van der Waals surface area contributed by atoms with Crippen LogP contribution in [0.5, 0.6) is 0 Å². The van der Waals surface area contributed by atoms with E-state index in [0.717, 1.165) is 19.4 Å². The molecule has 0 amide bonds. The third-order valence-electron chi connectivity index (χ3n) is 2.45. The average molecular weight is 195 g/mol. The molecule has 0 aliphatic carbocycles. The van der Waals surface area contributed by atoms with E-state index in [1.165, 1.54) is 32.1 Å². The van der Waals surface area contributed by atoms with Crippen molar-refractivity contribution in [2.24, 2.45) is 0 Å². The highest BCUT2D eigenvalue weighted by molar-refractivity contribution is 4.98. The molecular weight excluding hydrogens is 170 g/mol. The fraction of sp³-hybridized carbons (Fsp3) is 0.846. The van der Waals surface area contributed by atoms with E-state index in [9.17, 15) is 0 Å². The Morgan fingerprint density at radius 3 is 2.36 bits per heavy atom. The van der Waals surface area contributed by atoms with Gasteiger partial charge in [0, 0.05) is 0 Å². The van der Waals surface area contributed by atoms with Crippen LogP contribution in [0, 0.1) is 12.3 Å². The van der Waals surface area contributed by atoms with Gasteiger partial charge in [0.15, 0.2) is 0 Å². The maximum atomic E-state index is 5.41. The number of unbranched alkanes of at least 4 members (excludes halogenated alkanes) is 4. The van der Waals surface area contributed by atoms with E-state index >= 15 is 0 Å². The summed E-state index contributed by atoms with van der Waals surface area (Å²) < 4.78 is 0. The number of terminal acetylenes is 1. The number of rotatable bonds is 9. The predicted molar refractivity (Wildman–Crippen MR) is 64.3 cm³/mol. The van der Waals surface area contributed by atoms with Crippen molar-refractivity contribution in [3.8, 4) is 12.3 Å². The number of hydrogen-bond donors (Lipinski definition) is 1. The molecular formula is C13H25N. The molecule has 0 aromatic carbocycles. The van der Waals surface area contributed by atoms with Crippen molar-refractivity contribution >= 4 is 0 Å². The molecule has 1 nitrogen and oxygen atoms in total. The van der Waals surface area contributed by atoms with E-state index in [0.29, 0.717) is 6.04 Å². The molecule has 1 N–H and O–H groups in total. The van der Waals surface area contributed by atoms with E-state index in [4.69, 9.17) is 6.42 Å². The summed E-state index contributed by atoms with van der Waals surface area (Å²) >= 11 is 0. The Kier molecular flexibility index (Phi) is 10.2. The summed E-state index contributed by atoms with van der Waals surface area (Å²) in [5.74, 6) is 2.79. The quantitative estimate of drug-likeness (QED) is 0.439. The van der Waals surface area contributed by atoms with Crippen molar-refractivity contribution in [2.75, 3.05) is 6.54 Å². The molecule has 0 aromatic rings. The number of nitrogens with one attached hydrogen (secondary N) is 1. The lowest BCUT2D eigenvalue weighted by atomic mass is 10.1. The Labute approximate surface area is 89.7 Å². The molecule has 14 heavy (non-hydrogen) atoms. The molecule has 1 unspecified atom stereocenters. The van der Waals surface area contributed by atoms with Gasteiger partial charge >= 0.3 is 0 Å². The normalized spacial score (nSPS) is 12.4. The van der Waals surface area contributed by atoms with E-state index in [-0.39, 0.29) is 0 Å². The summed E-state index contributed by atoms with van der Waals surface area (Å²) in [7, 11) is 0. The summed E-state index contributed by atoms with van der Waals surface area (Å²) in [6.07, 6.45) is 14.3. The van der Waals surface area contributed by atoms with Crippen LogP contribution in [0.3, 0.4) is 0 Å². The van der Waals surface area contributed by atoms with Crippen molar-refractivity contribution in [1.29, 1.82) is 0 Å². The molecule has 0 rings (SSSR count). The van der Waals surface area contributed by atoms with E-state index in [1.54, 1.807) is 0 Å². The van der Waals surface area contributed by atoms with Gasteiger partial charge in [-0.1, -0.05) is 51.9 Å². The van der Waals surface area contributed by atoms with Crippen LogP contribution in [0.25, 0.3) is 0 Å². The Morgan fingerprint density at radius 2 is 1.79 bits per heavy atom. The van der Waals surface area contributed by atoms with Crippen molar-refractivity contribution in [3.63, 3.8) is 0 Å². The van der Waals surface area contributed by atoms with Crippen molar-refractivity contribution in [3.05, 3.63) is 0 Å². The van der Waals surface area contributed by atoms with Gasteiger partial charge in [-0.15, -0.1) is 6.42 Å². The monoisotopic (exact) mass is 195 g/mol. The van der Waals surface area contributed by atoms with Crippen molar-refractivity contribution < 1.29 is 0 Å². The van der Waals surface area contributed by atoms with Gasteiger partial charge < -0.3 is 5.32 Å². The molecule has 1 atom stereocenters. The minimum atomic E-state index is 0.297. The van der Waals surface area contributed by atoms with Crippen molar-refractivity contribution in [1.82, 2.24) is 5.32 Å². The predicted octanol–water partition coefficient (Wildman–Crippen LogP) is 3.35. The van der Waals surface area contributed by atoms with E-state index in [2.05, 4.69) is 25.1 Å². The lowest BCUT2D eigenvalue weighted by molar-refractivity contribution is 0.528. The zero-order chi connectivity index (χ0) is 10.6. The summed E-state index contributed by atoms with van der Waals surface area (Å²) in [5, 5.41) is 3.41. The van der Waals surface area contributed by atoms with Crippen LogP contribution in [0.4, 0.5) is 0 Å². The van der Waals surface area contributed by atoms with Crippen LogP contribution >= 0.6 is 0 Å². The molecule has 0 saturated carbocycles. The molecule has 0 fully saturated rings. The highest BCUT2D eigenvalue weighted by Gasteiger charge is 2.00. The van der Waals surface area contributed by atoms with Crippen LogP contribution in [0.15, 0.2) is 0 Å². The highest BCUT2D eigenvalue weighted by atomic mass is 14.9. The third-order valence-corrected chi connectivity index (χ3v) is 2.45. The molecule has 0 saturated heterocycles. The fourth-order valence-corrected chi connectivity index (χ4v) is 1.54. The highest BCUT2D eigenvalue weighted by Crippen LogP contribution is 2.02. The second kappa shape index (κ2) is 10.6. The van der Waals surface area contributed by atoms with Gasteiger partial charge in [-0.25, -0.2) is 0 Å². The van der Waals surface area contributed by atoms with E-state index < -0.39 is 0 Å². The first-order valence-corrected chi connectivity index (χ1v) is 6.04. The first-order valence-electron chi connectivity index (χ1n) is 6.04. The number of hydrogen-bond acceptors (Lipinski definition) is 1. The summed E-state index contributed by atoms with van der Waals surface area (Å²) in [6.45, 7) is 5.50. The second-order valence-corrected chi connectivity index (χ2v) is 3.88. The lowest BCUT2D eigenvalue weighted by Crippen LogP contribution is -2.28. The van der Waals surface area contributed by atoms with Gasteiger partial charge in [-0.2, -0.15) is 0 Å². The minimum Gasteiger partial charge on any atom is -0.304 e. The molecule has 0 aliphatic heterocycles. The molecule has 0 aliphatic rings. The van der Waals surface area contributed by atoms with Gasteiger partial charge in [0.1, 0.15) is 0 Å². The van der Waals surface area contributed by atoms with Gasteiger partial charge in [-0.3, -0.25) is 0 Å². The Balaban J connectivity index is 3.21. The summed E-state index contributed by atoms with van der Waals surface area (Å²) in [4.78, 5) is 0. The van der Waals surface area contributed by atoms with Gasteiger partial charge in [0.05, 0.1) is 6.04 Å². The molecule has 0 radical (unpaired) electrons. The molecule has 82 valence electrons. The van der Waals surface area contributed by atoms with Gasteiger partial charge in [0.2, 0.25) is 0 Å². The Morgan fingerprint density at radius 1 is 1.07 bits per heavy atom. The molecule has 0 heterocycles. The standard InChI is InChI=1S/C13H25N/c1-4-7-8-9-10-12-14-13(6-3)11-5-2/h3,13-14H,4-5,7-12H2,1-2H3. The second-order valence-electron chi connectivity index (χ2n) is 3.88. The van der Waals surface area contributed by atoms with Crippen LogP contribution in [0.1, 0.15) is 58.8 Å². The lowest BCUT2D eigenvalue weighted by Gasteiger charge is -2.11. The maximum Gasteiger partial charge on any atom is 0.0686 e. The maximum absolute atomic E-state index is 5.41. The summed E-state index contributed by atoms with van der Waals surface area (Å²) in [5.41, 5.74) is 0. The zero-order valence-corrected chi connectivity index (χ0v) is 9.81. The topological polar surface area (TPSA) is 12.0 Å². The average Bonchev–Trinajstić information content (AvgIpc) is 2.21. The van der Waals surface area contributed by atoms with Crippen LogP contribution in [-0.4, -0.2) is 12.6 Å². The third kappa shape index (κ3) is 8.13. The smallest absolute Gasteiger partial charge is 0.0686 e. The SMILES string of the molecule is C#CC(CCC)NCCCCCCC. The zero-order valence-electron chi connectivity index (χ0n) is 9.81. The largest absolute Gasteiger partial charge is 0.304 e. The van der Waals surface area contributed by atoms with Crippen LogP contribution < -0.4 is 5.32 Å². The first-order chi connectivity index (χ1) is 6.85. The first kappa shape index (κ1) is 13.5. The van der Waals surface area contributed by atoms with Gasteiger partial charge in [-0.05, 0) is 19.4 Å². The van der Waals surface area contributed by atoms with Crippen molar-refractivity contribution in [2.45, 2.75) is 64.8 Å². The summed E-state index contributed by atoms with van der Waals surface area (Å²) in [6, 6.07) is 0.297. The van der Waals surface area contributed by atoms with Gasteiger partial charge in [0.25, 0.3) is 0 Å². The fourth-order valence-electron chi connectivity index (χ4n) is 1.54. The Bertz CT molecular complexity index is 146.